The summed E-state index contributed by atoms with van der Waals surface area (Å²) in [6, 6.07) is -0.792. The van der Waals surface area contributed by atoms with Crippen LogP contribution in [0.25, 0.3) is 0 Å². The molecule has 0 bridgehead atoms. The van der Waals surface area contributed by atoms with Crippen molar-refractivity contribution in [1.29, 1.82) is 0 Å². The number of amides is 1. The summed E-state index contributed by atoms with van der Waals surface area (Å²) < 4.78 is 11.0. The minimum atomic E-state index is -1.56. The lowest BCUT2D eigenvalue weighted by atomic mass is 9.99. The Hall–Kier alpha value is -1.07. The lowest BCUT2D eigenvalue weighted by Crippen LogP contribution is -2.60. The number of hydrogen-bond donors (Lipinski definition) is 6. The van der Waals surface area contributed by atoms with E-state index in [9.17, 15) is 30.3 Å². The Kier molecular flexibility index (Phi) is 20.8. The first-order chi connectivity index (χ1) is 18.8. The quantitative estimate of drug-likeness (QED) is 0.0823. The molecule has 1 heterocycles. The summed E-state index contributed by atoms with van der Waals surface area (Å²) in [7, 11) is 0. The molecule has 9 heteroatoms. The molecule has 1 aliphatic rings. The summed E-state index contributed by atoms with van der Waals surface area (Å²) in [5, 5.41) is 53.1. The Balaban J connectivity index is 2.47. The van der Waals surface area contributed by atoms with Gasteiger partial charge in [0.05, 0.1) is 25.4 Å². The molecular formula is C30H57NO8. The zero-order chi connectivity index (χ0) is 28.9. The summed E-state index contributed by atoms with van der Waals surface area (Å²) in [6.45, 7) is 3.54. The van der Waals surface area contributed by atoms with E-state index in [-0.39, 0.29) is 12.5 Å². The largest absolute Gasteiger partial charge is 0.394 e. The van der Waals surface area contributed by atoms with E-state index in [0.717, 1.165) is 38.5 Å². The Labute approximate surface area is 236 Å². The van der Waals surface area contributed by atoms with E-state index in [1.165, 1.54) is 57.8 Å². The van der Waals surface area contributed by atoms with Gasteiger partial charge in [0.25, 0.3) is 0 Å². The molecule has 1 amide bonds. The number of ether oxygens (including phenoxy) is 2. The lowest BCUT2D eigenvalue weighted by Gasteiger charge is -2.40. The molecule has 0 aliphatic carbocycles. The van der Waals surface area contributed by atoms with E-state index in [0.29, 0.717) is 6.42 Å². The first kappa shape index (κ1) is 36.0. The zero-order valence-electron chi connectivity index (χ0n) is 24.4. The second-order valence-electron chi connectivity index (χ2n) is 10.9. The van der Waals surface area contributed by atoms with Crippen LogP contribution in [0.4, 0.5) is 0 Å². The van der Waals surface area contributed by atoms with E-state index in [4.69, 9.17) is 9.47 Å². The number of carbonyl (C=O) groups excluding carboxylic acids is 1. The first-order valence-electron chi connectivity index (χ1n) is 15.4. The third-order valence-electron chi connectivity index (χ3n) is 7.36. The average molecular weight is 560 g/mol. The molecule has 9 nitrogen and oxygen atoms in total. The third kappa shape index (κ3) is 15.5. The van der Waals surface area contributed by atoms with Crippen LogP contribution in [-0.4, -0.2) is 87.5 Å². The highest BCUT2D eigenvalue weighted by atomic mass is 16.7. The zero-order valence-corrected chi connectivity index (χ0v) is 24.4. The minimum absolute atomic E-state index is 0.188. The van der Waals surface area contributed by atoms with Crippen molar-refractivity contribution < 1.29 is 39.8 Å². The van der Waals surface area contributed by atoms with Crippen molar-refractivity contribution in [2.75, 3.05) is 13.2 Å². The van der Waals surface area contributed by atoms with Crippen molar-refractivity contribution in [2.45, 2.75) is 159 Å². The number of aliphatic hydroxyl groups is 5. The van der Waals surface area contributed by atoms with Crippen LogP contribution in [0.3, 0.4) is 0 Å². The van der Waals surface area contributed by atoms with E-state index < -0.39 is 49.5 Å². The molecule has 1 fully saturated rings. The fourth-order valence-electron chi connectivity index (χ4n) is 4.74. The smallest absolute Gasteiger partial charge is 0.220 e. The molecule has 6 N–H and O–H groups in total. The highest BCUT2D eigenvalue weighted by Gasteiger charge is 2.44. The molecule has 0 aromatic carbocycles. The second-order valence-corrected chi connectivity index (χ2v) is 10.9. The van der Waals surface area contributed by atoms with Crippen LogP contribution in [0.2, 0.25) is 0 Å². The van der Waals surface area contributed by atoms with Crippen LogP contribution in [-0.2, 0) is 14.3 Å². The average Bonchev–Trinajstić information content (AvgIpc) is 2.93. The van der Waals surface area contributed by atoms with Crippen molar-refractivity contribution in [1.82, 2.24) is 5.32 Å². The van der Waals surface area contributed by atoms with Gasteiger partial charge in [0.1, 0.15) is 24.4 Å². The van der Waals surface area contributed by atoms with Gasteiger partial charge >= 0.3 is 0 Å². The normalized spacial score (nSPS) is 25.2. The van der Waals surface area contributed by atoms with E-state index in [1.807, 2.05) is 6.08 Å². The topological polar surface area (TPSA) is 149 Å². The monoisotopic (exact) mass is 559 g/mol. The molecular weight excluding hydrogens is 502 g/mol. The fraction of sp³-hybridized carbons (Fsp3) is 0.900. The number of nitrogens with one attached hydrogen (secondary N) is 1. The molecule has 1 aliphatic heterocycles. The summed E-state index contributed by atoms with van der Waals surface area (Å²) in [4.78, 5) is 12.4. The molecule has 0 aromatic rings. The molecule has 0 aromatic heterocycles. The van der Waals surface area contributed by atoms with Crippen molar-refractivity contribution in [3.63, 3.8) is 0 Å². The van der Waals surface area contributed by atoms with Crippen molar-refractivity contribution in [2.24, 2.45) is 0 Å². The molecule has 1 saturated heterocycles. The van der Waals surface area contributed by atoms with Crippen molar-refractivity contribution >= 4 is 5.91 Å². The SMILES string of the molecule is CCCCCCCCCCCCC/C=C/C(O)C(COC1OC(CO)C(O)C(O)C1O)NC(=O)CCCCC. The Morgan fingerprint density at radius 1 is 0.846 bits per heavy atom. The maximum atomic E-state index is 12.4. The Morgan fingerprint density at radius 2 is 1.41 bits per heavy atom. The minimum Gasteiger partial charge on any atom is -0.394 e. The van der Waals surface area contributed by atoms with Crippen molar-refractivity contribution in [3.05, 3.63) is 12.2 Å². The van der Waals surface area contributed by atoms with Crippen LogP contribution in [0.15, 0.2) is 12.2 Å². The number of unbranched alkanes of at least 4 members (excludes halogenated alkanes) is 13. The molecule has 0 saturated carbocycles. The first-order valence-corrected chi connectivity index (χ1v) is 15.4. The number of hydrogen-bond acceptors (Lipinski definition) is 8. The standard InChI is InChI=1S/C30H57NO8/c1-3-5-7-8-9-10-11-12-13-14-15-16-18-19-24(33)23(31-26(34)20-17-6-4-2)22-38-30-29(37)28(36)27(35)25(21-32)39-30/h18-19,23-25,27-30,32-33,35-37H,3-17,20-22H2,1-2H3,(H,31,34)/b19-18+. The predicted molar refractivity (Wildman–Crippen MR) is 152 cm³/mol. The molecule has 0 spiro atoms. The van der Waals surface area contributed by atoms with E-state index in [2.05, 4.69) is 19.2 Å². The molecule has 1 rings (SSSR count). The summed E-state index contributed by atoms with van der Waals surface area (Å²) in [5.41, 5.74) is 0. The van der Waals surface area contributed by atoms with Gasteiger partial charge in [0, 0.05) is 6.42 Å². The lowest BCUT2D eigenvalue weighted by molar-refractivity contribution is -0.302. The van der Waals surface area contributed by atoms with Gasteiger partial charge in [0.2, 0.25) is 5.91 Å². The van der Waals surface area contributed by atoms with Gasteiger partial charge in [-0.3, -0.25) is 4.79 Å². The molecule has 39 heavy (non-hydrogen) atoms. The highest BCUT2D eigenvalue weighted by molar-refractivity contribution is 5.76. The number of rotatable bonds is 23. The van der Waals surface area contributed by atoms with Gasteiger partial charge < -0.3 is 40.3 Å². The third-order valence-corrected chi connectivity index (χ3v) is 7.36. The molecule has 7 atom stereocenters. The predicted octanol–water partition coefficient (Wildman–Crippen LogP) is 3.49. The van der Waals surface area contributed by atoms with E-state index >= 15 is 0 Å². The number of aliphatic hydroxyl groups excluding tert-OH is 5. The Bertz CT molecular complexity index is 632. The van der Waals surface area contributed by atoms with Crippen LogP contribution in [0, 0.1) is 0 Å². The van der Waals surface area contributed by atoms with Gasteiger partial charge in [0.15, 0.2) is 6.29 Å². The van der Waals surface area contributed by atoms with Gasteiger partial charge in [-0.1, -0.05) is 103 Å². The van der Waals surface area contributed by atoms with Gasteiger partial charge in [-0.05, 0) is 19.3 Å². The molecule has 7 unspecified atom stereocenters. The summed E-state index contributed by atoms with van der Waals surface area (Å²) in [5.74, 6) is -0.205. The van der Waals surface area contributed by atoms with Crippen LogP contribution in [0.1, 0.15) is 117 Å². The fourth-order valence-corrected chi connectivity index (χ4v) is 4.74. The summed E-state index contributed by atoms with van der Waals surface area (Å²) in [6.07, 6.45) is 13.4. The van der Waals surface area contributed by atoms with E-state index in [1.54, 1.807) is 6.08 Å². The molecule has 230 valence electrons. The molecule has 0 radical (unpaired) electrons. The van der Waals surface area contributed by atoms with Crippen LogP contribution in [0.5, 0.6) is 0 Å². The number of carbonyl (C=O) groups is 1. The maximum Gasteiger partial charge on any atom is 0.220 e. The number of allylic oxidation sites excluding steroid dienone is 1. The van der Waals surface area contributed by atoms with Gasteiger partial charge in [-0.15, -0.1) is 0 Å². The van der Waals surface area contributed by atoms with Crippen LogP contribution >= 0.6 is 0 Å². The van der Waals surface area contributed by atoms with Crippen LogP contribution < -0.4 is 5.32 Å². The Morgan fingerprint density at radius 3 is 2.00 bits per heavy atom. The summed E-state index contributed by atoms with van der Waals surface area (Å²) >= 11 is 0. The van der Waals surface area contributed by atoms with Gasteiger partial charge in [-0.25, -0.2) is 0 Å². The van der Waals surface area contributed by atoms with Gasteiger partial charge in [-0.2, -0.15) is 0 Å². The highest BCUT2D eigenvalue weighted by Crippen LogP contribution is 2.22. The van der Waals surface area contributed by atoms with Crippen molar-refractivity contribution in [3.8, 4) is 0 Å². The maximum absolute atomic E-state index is 12.4. The second kappa shape index (κ2) is 22.6.